The Hall–Kier alpha value is -1.61. The van der Waals surface area contributed by atoms with Crippen molar-refractivity contribution in [2.45, 2.75) is 57.8 Å². The Balaban J connectivity index is 0.00000199. The second kappa shape index (κ2) is 12.9. The number of hydrogen-bond donors (Lipinski definition) is 5. The van der Waals surface area contributed by atoms with Gasteiger partial charge in [0.15, 0.2) is 0 Å². The van der Waals surface area contributed by atoms with Crippen LogP contribution in [0.4, 0.5) is 4.39 Å². The maximum Gasteiger partial charge on any atom is 0.123 e. The molecule has 6 atom stereocenters. The van der Waals surface area contributed by atoms with Gasteiger partial charge in [-0.2, -0.15) is 0 Å². The monoisotopic (exact) mass is 494 g/mol. The van der Waals surface area contributed by atoms with Crippen molar-refractivity contribution in [1.82, 2.24) is 0 Å². The summed E-state index contributed by atoms with van der Waals surface area (Å²) >= 11 is 1.71. The fourth-order valence-corrected chi connectivity index (χ4v) is 5.74. The van der Waals surface area contributed by atoms with Crippen LogP contribution in [0.2, 0.25) is 0 Å². The standard InChI is InChI=1S/C26H35FO4S.CH4O/c1-16-4-5-18(22(15-28)25(30)23(29)14-26(2,3)31)12-19(16)13-21-10-11-24(32-21)17-6-8-20(27)9-7-17;1-2/h4-11,16,18-19,22-23,25,28-31H,12-15H2,1-3H3;2H,1H3/t16?,18?,19?,22?,23?,25-;/m1./s1. The van der Waals surface area contributed by atoms with Crippen LogP contribution >= 0.6 is 11.3 Å². The lowest BCUT2D eigenvalue weighted by Crippen LogP contribution is -2.43. The molecule has 2 aromatic rings. The summed E-state index contributed by atoms with van der Waals surface area (Å²) in [5.74, 6) is -0.0774. The number of thiophene rings is 1. The molecule has 5 N–H and O–H groups in total. The second-order valence-electron chi connectivity index (χ2n) is 9.80. The zero-order valence-electron chi connectivity index (χ0n) is 20.4. The first kappa shape index (κ1) is 28.6. The van der Waals surface area contributed by atoms with Crippen LogP contribution in [0, 0.1) is 29.5 Å². The van der Waals surface area contributed by atoms with Gasteiger partial charge in [0, 0.05) is 35.8 Å². The lowest BCUT2D eigenvalue weighted by atomic mass is 9.71. The molecule has 3 rings (SSSR count). The highest BCUT2D eigenvalue weighted by atomic mass is 32.1. The third kappa shape index (κ3) is 7.97. The highest BCUT2D eigenvalue weighted by molar-refractivity contribution is 7.15. The van der Waals surface area contributed by atoms with Crippen LogP contribution < -0.4 is 0 Å². The first-order valence-corrected chi connectivity index (χ1v) is 12.6. The Bertz CT molecular complexity index is 889. The molecule has 0 bridgehead atoms. The maximum absolute atomic E-state index is 13.2. The van der Waals surface area contributed by atoms with Crippen LogP contribution in [-0.2, 0) is 6.42 Å². The van der Waals surface area contributed by atoms with E-state index >= 15 is 0 Å². The average Bonchev–Trinajstić information content (AvgIpc) is 3.25. The highest BCUT2D eigenvalue weighted by Gasteiger charge is 2.36. The molecule has 0 amide bonds. The molecule has 0 spiro atoms. The van der Waals surface area contributed by atoms with E-state index in [9.17, 15) is 24.8 Å². The molecule has 0 aliphatic heterocycles. The number of rotatable bonds is 9. The van der Waals surface area contributed by atoms with E-state index in [1.807, 2.05) is 0 Å². The number of benzene rings is 1. The molecule has 34 heavy (non-hydrogen) atoms. The number of allylic oxidation sites excluding steroid dienone is 2. The average molecular weight is 495 g/mol. The first-order chi connectivity index (χ1) is 16.1. The zero-order valence-corrected chi connectivity index (χ0v) is 21.3. The van der Waals surface area contributed by atoms with Crippen LogP contribution in [-0.4, -0.2) is 57.1 Å². The molecule has 0 radical (unpaired) electrons. The highest BCUT2D eigenvalue weighted by Crippen LogP contribution is 2.38. The number of hydrogen-bond acceptors (Lipinski definition) is 6. The van der Waals surface area contributed by atoms with Crippen molar-refractivity contribution in [3.63, 3.8) is 0 Å². The summed E-state index contributed by atoms with van der Waals surface area (Å²) in [6.45, 7) is 5.14. The van der Waals surface area contributed by atoms with E-state index in [0.717, 1.165) is 30.4 Å². The fourth-order valence-electron chi connectivity index (χ4n) is 4.63. The topological polar surface area (TPSA) is 101 Å². The van der Waals surface area contributed by atoms with E-state index < -0.39 is 23.7 Å². The van der Waals surface area contributed by atoms with E-state index in [-0.39, 0.29) is 24.8 Å². The molecule has 190 valence electrons. The number of aliphatic hydroxyl groups is 5. The van der Waals surface area contributed by atoms with Crippen LogP contribution in [0.15, 0.2) is 48.6 Å². The molecule has 0 saturated carbocycles. The Morgan fingerprint density at radius 3 is 2.29 bits per heavy atom. The predicted octanol–water partition coefficient (Wildman–Crippen LogP) is 4.02. The smallest absolute Gasteiger partial charge is 0.123 e. The molecule has 5 unspecified atom stereocenters. The SMILES string of the molecule is CC1C=CC(C(CO)[C@@H](O)C(O)CC(C)(C)O)CC1Cc1ccc(-c2ccc(F)cc2)s1.CO. The van der Waals surface area contributed by atoms with E-state index in [2.05, 4.69) is 31.2 Å². The van der Waals surface area contributed by atoms with E-state index in [0.29, 0.717) is 11.8 Å². The first-order valence-electron chi connectivity index (χ1n) is 11.7. The van der Waals surface area contributed by atoms with Crippen LogP contribution in [0.5, 0.6) is 0 Å². The summed E-state index contributed by atoms with van der Waals surface area (Å²) in [4.78, 5) is 2.35. The van der Waals surface area contributed by atoms with Gasteiger partial charge in [0.2, 0.25) is 0 Å². The van der Waals surface area contributed by atoms with Gasteiger partial charge in [0.25, 0.3) is 0 Å². The third-order valence-electron chi connectivity index (χ3n) is 6.54. The van der Waals surface area contributed by atoms with Crippen LogP contribution in [0.25, 0.3) is 10.4 Å². The van der Waals surface area contributed by atoms with Crippen molar-refractivity contribution in [2.24, 2.45) is 23.7 Å². The summed E-state index contributed by atoms with van der Waals surface area (Å²) in [7, 11) is 1.00. The minimum atomic E-state index is -1.11. The zero-order chi connectivity index (χ0) is 25.5. The molecular formula is C27H39FO5S. The largest absolute Gasteiger partial charge is 0.400 e. The molecule has 1 aromatic heterocycles. The second-order valence-corrected chi connectivity index (χ2v) is 11.0. The molecule has 5 nitrogen and oxygen atoms in total. The quantitative estimate of drug-likeness (QED) is 0.339. The Morgan fingerprint density at radius 2 is 1.71 bits per heavy atom. The van der Waals surface area contributed by atoms with Gasteiger partial charge in [-0.1, -0.05) is 31.2 Å². The lowest BCUT2D eigenvalue weighted by Gasteiger charge is -2.37. The van der Waals surface area contributed by atoms with Gasteiger partial charge in [0.05, 0.1) is 17.8 Å². The van der Waals surface area contributed by atoms with Gasteiger partial charge >= 0.3 is 0 Å². The molecule has 1 aromatic carbocycles. The fraction of sp³-hybridized carbons (Fsp3) is 0.556. The summed E-state index contributed by atoms with van der Waals surface area (Å²) < 4.78 is 13.2. The van der Waals surface area contributed by atoms with Gasteiger partial charge in [-0.3, -0.25) is 0 Å². The molecule has 0 saturated heterocycles. The summed E-state index contributed by atoms with van der Waals surface area (Å²) in [6, 6.07) is 10.7. The van der Waals surface area contributed by atoms with Crippen LogP contribution in [0.1, 0.15) is 38.5 Å². The van der Waals surface area contributed by atoms with Crippen LogP contribution in [0.3, 0.4) is 0 Å². The van der Waals surface area contributed by atoms with Gasteiger partial charge in [0.1, 0.15) is 5.82 Å². The minimum absolute atomic E-state index is 0.0439. The van der Waals surface area contributed by atoms with Gasteiger partial charge in [-0.25, -0.2) is 4.39 Å². The van der Waals surface area contributed by atoms with Gasteiger partial charge < -0.3 is 25.5 Å². The molecular weight excluding hydrogens is 455 g/mol. The van der Waals surface area contributed by atoms with Crippen molar-refractivity contribution in [3.8, 4) is 10.4 Å². The van der Waals surface area contributed by atoms with Crippen molar-refractivity contribution in [2.75, 3.05) is 13.7 Å². The number of aliphatic hydroxyl groups excluding tert-OH is 4. The molecule has 0 fully saturated rings. The predicted molar refractivity (Wildman–Crippen MR) is 135 cm³/mol. The van der Waals surface area contributed by atoms with Crippen molar-refractivity contribution < 1.29 is 29.9 Å². The van der Waals surface area contributed by atoms with Crippen molar-refractivity contribution >= 4 is 11.3 Å². The van der Waals surface area contributed by atoms with Gasteiger partial charge in [-0.05, 0) is 74.3 Å². The van der Waals surface area contributed by atoms with Crippen molar-refractivity contribution in [3.05, 3.63) is 59.2 Å². The van der Waals surface area contributed by atoms with E-state index in [4.69, 9.17) is 5.11 Å². The Morgan fingerprint density at radius 1 is 1.06 bits per heavy atom. The Labute approximate surface area is 206 Å². The normalized spacial score (nSPS) is 23.1. The van der Waals surface area contributed by atoms with E-state index in [1.54, 1.807) is 37.3 Å². The van der Waals surface area contributed by atoms with E-state index in [1.165, 1.54) is 17.0 Å². The molecule has 1 heterocycles. The lowest BCUT2D eigenvalue weighted by molar-refractivity contribution is -0.0794. The molecule has 1 aliphatic carbocycles. The molecule has 1 aliphatic rings. The third-order valence-corrected chi connectivity index (χ3v) is 7.69. The summed E-state index contributed by atoms with van der Waals surface area (Å²) in [5.41, 5.74) is -0.0947. The van der Waals surface area contributed by atoms with Crippen molar-refractivity contribution in [1.29, 1.82) is 0 Å². The number of halogens is 1. The summed E-state index contributed by atoms with van der Waals surface area (Å²) in [6.07, 6.45) is 3.72. The maximum atomic E-state index is 13.2. The molecule has 7 heteroatoms. The summed E-state index contributed by atoms with van der Waals surface area (Å²) in [5, 5.41) is 48.1. The van der Waals surface area contributed by atoms with Gasteiger partial charge in [-0.15, -0.1) is 11.3 Å². The minimum Gasteiger partial charge on any atom is -0.400 e. The Kier molecular flexibility index (Phi) is 10.9.